The van der Waals surface area contributed by atoms with Gasteiger partial charge in [0.2, 0.25) is 0 Å². The van der Waals surface area contributed by atoms with Crippen LogP contribution < -0.4 is 5.73 Å². The van der Waals surface area contributed by atoms with E-state index in [0.29, 0.717) is 6.42 Å². The van der Waals surface area contributed by atoms with Crippen LogP contribution >= 0.6 is 11.6 Å². The summed E-state index contributed by atoms with van der Waals surface area (Å²) in [6.07, 6.45) is 1.48. The fourth-order valence-corrected chi connectivity index (χ4v) is 3.08. The molecule has 110 valence electrons. The van der Waals surface area contributed by atoms with Gasteiger partial charge in [-0.2, -0.15) is 5.10 Å². The summed E-state index contributed by atoms with van der Waals surface area (Å²) in [5, 5.41) is 5.17. The topological polar surface area (TPSA) is 57.0 Å². The number of aromatic nitrogens is 2. The van der Waals surface area contributed by atoms with Crippen LogP contribution in [0.15, 0.2) is 4.42 Å². The monoisotopic (exact) mass is 295 g/mol. The summed E-state index contributed by atoms with van der Waals surface area (Å²) in [4.78, 5) is 0. The van der Waals surface area contributed by atoms with Crippen LogP contribution in [0, 0.1) is 20.8 Å². The van der Waals surface area contributed by atoms with Crippen LogP contribution in [-0.2, 0) is 19.9 Å². The van der Waals surface area contributed by atoms with Crippen molar-refractivity contribution in [3.8, 4) is 0 Å². The average Bonchev–Trinajstić information content (AvgIpc) is 2.79. The Labute approximate surface area is 124 Å². The lowest BCUT2D eigenvalue weighted by Gasteiger charge is -2.13. The maximum atomic E-state index is 6.38. The molecular weight excluding hydrogens is 274 g/mol. The minimum atomic E-state index is -0.134. The van der Waals surface area contributed by atoms with Gasteiger partial charge in [0.25, 0.3) is 0 Å². The molecule has 0 aliphatic carbocycles. The van der Waals surface area contributed by atoms with Crippen molar-refractivity contribution in [2.45, 2.75) is 46.6 Å². The Morgan fingerprint density at radius 2 is 1.95 bits per heavy atom. The van der Waals surface area contributed by atoms with Gasteiger partial charge in [-0.15, -0.1) is 0 Å². The zero-order valence-corrected chi connectivity index (χ0v) is 13.5. The highest BCUT2D eigenvalue weighted by atomic mass is 35.5. The molecule has 2 N–H and O–H groups in total. The van der Waals surface area contributed by atoms with Crippen LogP contribution in [0.5, 0.6) is 0 Å². The number of halogens is 1. The average molecular weight is 296 g/mol. The van der Waals surface area contributed by atoms with Crippen LogP contribution in [0.4, 0.5) is 0 Å². The van der Waals surface area contributed by atoms with Crippen molar-refractivity contribution in [1.82, 2.24) is 9.78 Å². The van der Waals surface area contributed by atoms with E-state index in [4.69, 9.17) is 21.8 Å². The van der Waals surface area contributed by atoms with E-state index in [-0.39, 0.29) is 6.04 Å². The van der Waals surface area contributed by atoms with Crippen molar-refractivity contribution < 1.29 is 4.42 Å². The molecule has 0 radical (unpaired) electrons. The molecule has 2 aromatic rings. The maximum Gasteiger partial charge on any atom is 0.106 e. The standard InChI is InChI=1S/C15H22ClN3O/c1-6-12-15(16)13(19(5)18-12)7-11(17)14-8(2)9(3)20-10(14)4/h11H,6-7,17H2,1-5H3. The summed E-state index contributed by atoms with van der Waals surface area (Å²) in [7, 11) is 1.91. The fraction of sp³-hybridized carbons (Fsp3) is 0.533. The molecule has 4 nitrogen and oxygen atoms in total. The highest BCUT2D eigenvalue weighted by molar-refractivity contribution is 6.31. The highest BCUT2D eigenvalue weighted by Crippen LogP contribution is 2.30. The van der Waals surface area contributed by atoms with Crippen LogP contribution in [0.2, 0.25) is 5.02 Å². The molecule has 0 amide bonds. The van der Waals surface area contributed by atoms with Crippen LogP contribution in [-0.4, -0.2) is 9.78 Å². The molecule has 0 aliphatic rings. The van der Waals surface area contributed by atoms with E-state index in [9.17, 15) is 0 Å². The minimum absolute atomic E-state index is 0.134. The Morgan fingerprint density at radius 1 is 1.30 bits per heavy atom. The molecule has 5 heteroatoms. The second kappa shape index (κ2) is 5.62. The third kappa shape index (κ3) is 2.50. The lowest BCUT2D eigenvalue weighted by atomic mass is 9.98. The van der Waals surface area contributed by atoms with Gasteiger partial charge in [-0.25, -0.2) is 0 Å². The largest absolute Gasteiger partial charge is 0.466 e. The van der Waals surface area contributed by atoms with Crippen molar-refractivity contribution in [2.75, 3.05) is 0 Å². The molecule has 2 rings (SSSR count). The summed E-state index contributed by atoms with van der Waals surface area (Å²) in [5.41, 5.74) is 10.5. The van der Waals surface area contributed by atoms with E-state index in [1.165, 1.54) is 0 Å². The van der Waals surface area contributed by atoms with Gasteiger partial charge in [0.1, 0.15) is 11.5 Å². The van der Waals surface area contributed by atoms with E-state index in [2.05, 4.69) is 5.10 Å². The Bertz CT molecular complexity index is 628. The molecule has 1 unspecified atom stereocenters. The molecule has 0 saturated carbocycles. The summed E-state index contributed by atoms with van der Waals surface area (Å²) in [5.74, 6) is 1.82. The molecule has 0 saturated heterocycles. The van der Waals surface area contributed by atoms with E-state index in [1.807, 2.05) is 39.4 Å². The summed E-state index contributed by atoms with van der Waals surface area (Å²) >= 11 is 6.38. The summed E-state index contributed by atoms with van der Waals surface area (Å²) < 4.78 is 7.49. The number of rotatable bonds is 4. The lowest BCUT2D eigenvalue weighted by molar-refractivity contribution is 0.495. The zero-order chi connectivity index (χ0) is 15.0. The van der Waals surface area contributed by atoms with Gasteiger partial charge in [-0.1, -0.05) is 18.5 Å². The van der Waals surface area contributed by atoms with Gasteiger partial charge < -0.3 is 10.2 Å². The molecule has 1 atom stereocenters. The molecule has 0 aromatic carbocycles. The SMILES string of the molecule is CCc1nn(C)c(CC(N)c2c(C)oc(C)c2C)c1Cl. The second-order valence-electron chi connectivity index (χ2n) is 5.25. The van der Waals surface area contributed by atoms with Gasteiger partial charge in [-0.3, -0.25) is 4.68 Å². The first-order valence-electron chi connectivity index (χ1n) is 6.89. The van der Waals surface area contributed by atoms with Crippen LogP contribution in [0.3, 0.4) is 0 Å². The van der Waals surface area contributed by atoms with E-state index >= 15 is 0 Å². The predicted molar refractivity (Wildman–Crippen MR) is 81.1 cm³/mol. The number of furan rings is 1. The third-order valence-electron chi connectivity index (χ3n) is 3.90. The van der Waals surface area contributed by atoms with Crippen molar-refractivity contribution in [1.29, 1.82) is 0 Å². The predicted octanol–water partition coefficient (Wildman–Crippen LogP) is 3.40. The molecule has 0 aliphatic heterocycles. The van der Waals surface area contributed by atoms with Crippen molar-refractivity contribution in [2.24, 2.45) is 12.8 Å². The molecule has 0 spiro atoms. The number of aryl methyl sites for hydroxylation is 4. The highest BCUT2D eigenvalue weighted by Gasteiger charge is 2.22. The first-order chi connectivity index (χ1) is 9.36. The summed E-state index contributed by atoms with van der Waals surface area (Å²) in [6, 6.07) is -0.134. The van der Waals surface area contributed by atoms with Gasteiger partial charge in [0.05, 0.1) is 16.4 Å². The van der Waals surface area contributed by atoms with Crippen LogP contribution in [0.25, 0.3) is 0 Å². The Morgan fingerprint density at radius 3 is 2.40 bits per heavy atom. The maximum absolute atomic E-state index is 6.38. The molecule has 0 fully saturated rings. The Hall–Kier alpha value is -1.26. The molecular formula is C15H22ClN3O. The minimum Gasteiger partial charge on any atom is -0.466 e. The van der Waals surface area contributed by atoms with Gasteiger partial charge in [0.15, 0.2) is 0 Å². The van der Waals surface area contributed by atoms with Gasteiger partial charge >= 0.3 is 0 Å². The third-order valence-corrected chi connectivity index (χ3v) is 4.34. The fourth-order valence-electron chi connectivity index (χ4n) is 2.71. The van der Waals surface area contributed by atoms with Gasteiger partial charge in [0, 0.05) is 25.1 Å². The lowest BCUT2D eigenvalue weighted by Crippen LogP contribution is -2.17. The Kier molecular flexibility index (Phi) is 4.25. The quantitative estimate of drug-likeness (QED) is 0.940. The van der Waals surface area contributed by atoms with Gasteiger partial charge in [-0.05, 0) is 32.8 Å². The van der Waals surface area contributed by atoms with Crippen LogP contribution in [0.1, 0.15) is 47.0 Å². The van der Waals surface area contributed by atoms with E-state index in [0.717, 1.165) is 45.5 Å². The first kappa shape index (κ1) is 15.1. The van der Waals surface area contributed by atoms with E-state index < -0.39 is 0 Å². The molecule has 2 aromatic heterocycles. The second-order valence-corrected chi connectivity index (χ2v) is 5.63. The van der Waals surface area contributed by atoms with Crippen molar-refractivity contribution in [3.63, 3.8) is 0 Å². The van der Waals surface area contributed by atoms with Crippen molar-refractivity contribution >= 4 is 11.6 Å². The van der Waals surface area contributed by atoms with E-state index in [1.54, 1.807) is 0 Å². The number of hydrogen-bond acceptors (Lipinski definition) is 3. The number of hydrogen-bond donors (Lipinski definition) is 1. The smallest absolute Gasteiger partial charge is 0.106 e. The normalized spacial score (nSPS) is 12.9. The summed E-state index contributed by atoms with van der Waals surface area (Å²) in [6.45, 7) is 8.01. The molecule has 20 heavy (non-hydrogen) atoms. The number of nitrogens with two attached hydrogens (primary N) is 1. The first-order valence-corrected chi connectivity index (χ1v) is 7.26. The Balaban J connectivity index is 2.32. The zero-order valence-electron chi connectivity index (χ0n) is 12.7. The number of nitrogens with zero attached hydrogens (tertiary/aromatic N) is 2. The molecule has 0 bridgehead atoms. The van der Waals surface area contributed by atoms with Crippen molar-refractivity contribution in [3.05, 3.63) is 39.1 Å². The molecule has 2 heterocycles.